The minimum atomic E-state index is -0.280. The third-order valence-electron chi connectivity index (χ3n) is 4.45. The molecule has 2 aliphatic rings. The van der Waals surface area contributed by atoms with Crippen LogP contribution in [0.15, 0.2) is 34.9 Å². The Morgan fingerprint density at radius 1 is 1.45 bits per heavy atom. The van der Waals surface area contributed by atoms with Crippen molar-refractivity contribution in [3.63, 3.8) is 0 Å². The normalized spacial score (nSPS) is 26.1. The van der Waals surface area contributed by atoms with E-state index in [1.54, 1.807) is 0 Å². The summed E-state index contributed by atoms with van der Waals surface area (Å²) in [4.78, 5) is 12.2. The van der Waals surface area contributed by atoms with Gasteiger partial charge in [-0.15, -0.1) is 0 Å². The van der Waals surface area contributed by atoms with Crippen molar-refractivity contribution in [3.05, 3.63) is 34.9 Å². The average molecular weight is 275 g/mol. The van der Waals surface area contributed by atoms with E-state index < -0.39 is 0 Å². The first-order valence-electron chi connectivity index (χ1n) is 7.49. The summed E-state index contributed by atoms with van der Waals surface area (Å²) in [5.41, 5.74) is 3.50. The number of amides is 1. The monoisotopic (exact) mass is 275 g/mol. The van der Waals surface area contributed by atoms with E-state index in [0.29, 0.717) is 13.2 Å². The van der Waals surface area contributed by atoms with E-state index in [1.165, 1.54) is 16.7 Å². The van der Waals surface area contributed by atoms with E-state index in [1.807, 2.05) is 0 Å². The van der Waals surface area contributed by atoms with Gasteiger partial charge in [0.1, 0.15) is 5.54 Å². The van der Waals surface area contributed by atoms with Crippen LogP contribution in [0, 0.1) is 5.92 Å². The summed E-state index contributed by atoms with van der Waals surface area (Å²) >= 11 is 0. The van der Waals surface area contributed by atoms with E-state index >= 15 is 0 Å². The molecule has 0 aromatic carbocycles. The lowest BCUT2D eigenvalue weighted by Gasteiger charge is -2.48. The van der Waals surface area contributed by atoms with Crippen molar-refractivity contribution in [1.29, 1.82) is 0 Å². The van der Waals surface area contributed by atoms with Gasteiger partial charge >= 0.3 is 0 Å². The molecule has 3 heteroatoms. The lowest BCUT2D eigenvalue weighted by molar-refractivity contribution is -0.134. The van der Waals surface area contributed by atoms with Gasteiger partial charge in [-0.25, -0.2) is 0 Å². The van der Waals surface area contributed by atoms with Gasteiger partial charge in [-0.05, 0) is 32.3 Å². The van der Waals surface area contributed by atoms with Gasteiger partial charge < -0.3 is 10.1 Å². The molecule has 1 N–H and O–H groups in total. The topological polar surface area (TPSA) is 38.3 Å². The first-order valence-corrected chi connectivity index (χ1v) is 7.49. The molecule has 1 saturated heterocycles. The molecule has 20 heavy (non-hydrogen) atoms. The van der Waals surface area contributed by atoms with Crippen LogP contribution in [0.5, 0.6) is 0 Å². The van der Waals surface area contributed by atoms with Crippen molar-refractivity contribution in [2.24, 2.45) is 5.92 Å². The maximum absolute atomic E-state index is 12.2. The molecule has 1 unspecified atom stereocenters. The lowest BCUT2D eigenvalue weighted by atomic mass is 9.76. The van der Waals surface area contributed by atoms with Crippen LogP contribution in [-0.2, 0) is 9.53 Å². The second-order valence-corrected chi connectivity index (χ2v) is 5.85. The Kier molecular flexibility index (Phi) is 4.48. The third kappa shape index (κ3) is 2.59. The quantitative estimate of drug-likeness (QED) is 0.800. The van der Waals surface area contributed by atoms with E-state index in [0.717, 1.165) is 12.8 Å². The number of ether oxygens (including phenoxy) is 1. The van der Waals surface area contributed by atoms with E-state index in [4.69, 9.17) is 4.74 Å². The molecule has 3 nitrogen and oxygen atoms in total. The lowest BCUT2D eigenvalue weighted by Crippen LogP contribution is -2.66. The van der Waals surface area contributed by atoms with Gasteiger partial charge in [0, 0.05) is 0 Å². The van der Waals surface area contributed by atoms with Crippen LogP contribution in [-0.4, -0.2) is 24.7 Å². The predicted molar refractivity (Wildman–Crippen MR) is 81.4 cm³/mol. The van der Waals surface area contributed by atoms with Gasteiger partial charge in [-0.2, -0.15) is 0 Å². The number of hydrogen-bond donors (Lipinski definition) is 1. The fourth-order valence-electron chi connectivity index (χ4n) is 2.89. The number of carbonyl (C=O) groups excluding carboxylic acids is 1. The second-order valence-electron chi connectivity index (χ2n) is 5.85. The zero-order chi connectivity index (χ0) is 14.8. The zero-order valence-electron chi connectivity index (χ0n) is 13.0. The molecule has 1 amide bonds. The second kappa shape index (κ2) is 5.96. The highest BCUT2D eigenvalue weighted by molar-refractivity contribution is 5.85. The van der Waals surface area contributed by atoms with Crippen molar-refractivity contribution in [3.8, 4) is 0 Å². The fourth-order valence-corrected chi connectivity index (χ4v) is 2.89. The van der Waals surface area contributed by atoms with E-state index in [-0.39, 0.29) is 17.4 Å². The molecular formula is C17H25NO2. The number of nitrogens with one attached hydrogen (secondary N) is 1. The highest BCUT2D eigenvalue weighted by Gasteiger charge is 2.48. The highest BCUT2D eigenvalue weighted by atomic mass is 16.5. The van der Waals surface area contributed by atoms with Gasteiger partial charge in [-0.3, -0.25) is 4.79 Å². The number of carbonyl (C=O) groups is 1. The molecule has 0 bridgehead atoms. The van der Waals surface area contributed by atoms with Gasteiger partial charge in [0.25, 0.3) is 0 Å². The molecule has 0 saturated carbocycles. The summed E-state index contributed by atoms with van der Waals surface area (Å²) in [6.45, 7) is 9.60. The highest BCUT2D eigenvalue weighted by Crippen LogP contribution is 2.37. The molecule has 1 atom stereocenters. The number of hydrogen-bond acceptors (Lipinski definition) is 2. The Morgan fingerprint density at radius 2 is 2.15 bits per heavy atom. The van der Waals surface area contributed by atoms with Crippen LogP contribution in [0.1, 0.15) is 40.5 Å². The summed E-state index contributed by atoms with van der Waals surface area (Å²) < 4.78 is 5.36. The first-order chi connectivity index (χ1) is 9.54. The first kappa shape index (κ1) is 15.0. The van der Waals surface area contributed by atoms with Crippen LogP contribution < -0.4 is 5.32 Å². The fraction of sp³-hybridized carbons (Fsp3) is 0.588. The van der Waals surface area contributed by atoms with Gasteiger partial charge in [0.05, 0.1) is 19.1 Å². The number of rotatable bonds is 4. The predicted octanol–water partition coefficient (Wildman–Crippen LogP) is 3.14. The minimum Gasteiger partial charge on any atom is -0.376 e. The molecule has 110 valence electrons. The summed E-state index contributed by atoms with van der Waals surface area (Å²) in [5, 5.41) is 3.17. The molecule has 2 aliphatic heterocycles. The van der Waals surface area contributed by atoms with Gasteiger partial charge in [0.2, 0.25) is 5.91 Å². The van der Waals surface area contributed by atoms with Crippen molar-refractivity contribution in [1.82, 2.24) is 5.32 Å². The van der Waals surface area contributed by atoms with Crippen LogP contribution in [0.2, 0.25) is 0 Å². The summed E-state index contributed by atoms with van der Waals surface area (Å²) in [5.74, 6) is 0.142. The Bertz CT molecular complexity index is 481. The molecule has 0 radical (unpaired) electrons. The van der Waals surface area contributed by atoms with Crippen molar-refractivity contribution < 1.29 is 9.53 Å². The zero-order valence-corrected chi connectivity index (χ0v) is 13.0. The molecular weight excluding hydrogens is 250 g/mol. The SMILES string of the molecule is CC/C(C)=C/C=C\C1=C(C)C(CC)C(=O)NC12COC2. The van der Waals surface area contributed by atoms with Crippen LogP contribution in [0.3, 0.4) is 0 Å². The Labute approximate surface area is 121 Å². The summed E-state index contributed by atoms with van der Waals surface area (Å²) in [6, 6.07) is 0. The maximum atomic E-state index is 12.2. The van der Waals surface area contributed by atoms with Crippen molar-refractivity contribution in [2.75, 3.05) is 13.2 Å². The van der Waals surface area contributed by atoms with Gasteiger partial charge in [-0.1, -0.05) is 43.2 Å². The van der Waals surface area contributed by atoms with E-state index in [9.17, 15) is 4.79 Å². The number of allylic oxidation sites excluding steroid dienone is 3. The van der Waals surface area contributed by atoms with Crippen LogP contribution >= 0.6 is 0 Å². The van der Waals surface area contributed by atoms with Crippen molar-refractivity contribution in [2.45, 2.75) is 46.1 Å². The smallest absolute Gasteiger partial charge is 0.228 e. The Balaban J connectivity index is 2.33. The molecule has 1 spiro atoms. The average Bonchev–Trinajstić information content (AvgIpc) is 2.39. The maximum Gasteiger partial charge on any atom is 0.228 e. The molecule has 0 aromatic rings. The van der Waals surface area contributed by atoms with E-state index in [2.05, 4.69) is 51.2 Å². The Morgan fingerprint density at radius 3 is 2.65 bits per heavy atom. The summed E-state index contributed by atoms with van der Waals surface area (Å²) in [7, 11) is 0. The van der Waals surface area contributed by atoms with Crippen LogP contribution in [0.4, 0.5) is 0 Å². The largest absolute Gasteiger partial charge is 0.376 e. The molecule has 2 heterocycles. The Hall–Kier alpha value is -1.35. The molecule has 2 rings (SSSR count). The summed E-state index contributed by atoms with van der Waals surface area (Å²) in [6.07, 6.45) is 8.30. The van der Waals surface area contributed by atoms with Crippen LogP contribution in [0.25, 0.3) is 0 Å². The molecule has 0 aromatic heterocycles. The minimum absolute atomic E-state index is 0.00266. The van der Waals surface area contributed by atoms with Gasteiger partial charge in [0.15, 0.2) is 0 Å². The molecule has 1 fully saturated rings. The molecule has 0 aliphatic carbocycles. The van der Waals surface area contributed by atoms with Crippen molar-refractivity contribution >= 4 is 5.91 Å². The third-order valence-corrected chi connectivity index (χ3v) is 4.45. The standard InChI is InChI=1S/C17H25NO2/c1-5-12(3)8-7-9-15-13(4)14(6-2)16(19)18-17(15)10-20-11-17/h7-9,14H,5-6,10-11H2,1-4H3,(H,18,19)/b9-7-,12-8+.